The molecule has 2 heterocycles. The molecule has 5 rings (SSSR count). The quantitative estimate of drug-likeness (QED) is 0.270. The molecule has 39 heavy (non-hydrogen) atoms. The first-order valence-electron chi connectivity index (χ1n) is 12.9. The van der Waals surface area contributed by atoms with Crippen LogP contribution in [0, 0.1) is 0 Å². The Morgan fingerprint density at radius 3 is 1.62 bits per heavy atom. The highest BCUT2D eigenvalue weighted by Gasteiger charge is 2.54. The Labute approximate surface area is 228 Å². The number of carbonyl (C=O) groups is 3. The van der Waals surface area contributed by atoms with Gasteiger partial charge in [-0.25, -0.2) is 4.79 Å². The molecule has 0 N–H and O–H groups in total. The van der Waals surface area contributed by atoms with Gasteiger partial charge in [-0.05, 0) is 29.0 Å². The summed E-state index contributed by atoms with van der Waals surface area (Å²) < 4.78 is 24.0. The van der Waals surface area contributed by atoms with Crippen LogP contribution in [-0.4, -0.2) is 17.9 Å². The molecule has 3 aromatic carbocycles. The van der Waals surface area contributed by atoms with E-state index in [2.05, 4.69) is 0 Å². The summed E-state index contributed by atoms with van der Waals surface area (Å²) in [6.07, 6.45) is 0. The lowest BCUT2D eigenvalue weighted by Crippen LogP contribution is -2.34. The van der Waals surface area contributed by atoms with E-state index >= 15 is 0 Å². The first-order chi connectivity index (χ1) is 18.1. The molecule has 7 nitrogen and oxygen atoms in total. The monoisotopic (exact) mass is 528 g/mol. The molecule has 0 amide bonds. The van der Waals surface area contributed by atoms with Gasteiger partial charge < -0.3 is 18.9 Å². The van der Waals surface area contributed by atoms with Gasteiger partial charge in [0, 0.05) is 53.8 Å². The highest BCUT2D eigenvalue weighted by Crippen LogP contribution is 2.59. The van der Waals surface area contributed by atoms with Crippen molar-refractivity contribution in [3.05, 3.63) is 81.9 Å². The van der Waals surface area contributed by atoms with Gasteiger partial charge in [0.05, 0.1) is 5.56 Å². The van der Waals surface area contributed by atoms with Gasteiger partial charge in [0.1, 0.15) is 23.0 Å². The van der Waals surface area contributed by atoms with Crippen LogP contribution >= 0.6 is 0 Å². The van der Waals surface area contributed by atoms with Crippen molar-refractivity contribution in [3.63, 3.8) is 0 Å². The van der Waals surface area contributed by atoms with E-state index < -0.39 is 34.3 Å². The molecular formula is C32H32O7. The maximum atomic E-state index is 13.3. The molecule has 1 spiro atoms. The standard InChI is InChI=1S/C32H32O7/c1-17(33)36-25-15-27-23(13-21(25)30(3,4)5)32(20-12-10-9-11-19(20)29(35)39-32)24-14-22(31(6,7)8)26(37-18(2)34)16-28(24)38-27/h9-16H,1-8H3. The van der Waals surface area contributed by atoms with E-state index in [0.717, 1.165) is 11.1 Å². The molecule has 0 bridgehead atoms. The number of fused-ring (bicyclic) bond motifs is 6. The third kappa shape index (κ3) is 4.26. The van der Waals surface area contributed by atoms with Crippen molar-refractivity contribution < 1.29 is 33.3 Å². The van der Waals surface area contributed by atoms with Crippen LogP contribution in [0.5, 0.6) is 23.0 Å². The predicted molar refractivity (Wildman–Crippen MR) is 145 cm³/mol. The lowest BCUT2D eigenvalue weighted by molar-refractivity contribution is -0.132. The van der Waals surface area contributed by atoms with Gasteiger partial charge in [-0.1, -0.05) is 59.7 Å². The Kier molecular flexibility index (Phi) is 5.90. The van der Waals surface area contributed by atoms with Gasteiger partial charge >= 0.3 is 17.9 Å². The molecule has 3 aromatic rings. The van der Waals surface area contributed by atoms with Gasteiger partial charge in [-0.3, -0.25) is 9.59 Å². The number of carbonyl (C=O) groups excluding carboxylic acids is 3. The first-order valence-corrected chi connectivity index (χ1v) is 12.9. The maximum Gasteiger partial charge on any atom is 0.340 e. The van der Waals surface area contributed by atoms with E-state index in [1.54, 1.807) is 24.3 Å². The lowest BCUT2D eigenvalue weighted by Gasteiger charge is -2.39. The second-order valence-electron chi connectivity index (χ2n) is 12.1. The van der Waals surface area contributed by atoms with Crippen LogP contribution in [0.2, 0.25) is 0 Å². The average Bonchev–Trinajstić information content (AvgIpc) is 3.09. The minimum absolute atomic E-state index is 0.358. The maximum absolute atomic E-state index is 13.3. The van der Waals surface area contributed by atoms with E-state index in [1.807, 2.05) is 65.8 Å². The van der Waals surface area contributed by atoms with Crippen LogP contribution in [0.4, 0.5) is 0 Å². The molecule has 0 fully saturated rings. The van der Waals surface area contributed by atoms with E-state index in [0.29, 0.717) is 45.3 Å². The van der Waals surface area contributed by atoms with Crippen molar-refractivity contribution in [2.24, 2.45) is 0 Å². The minimum atomic E-state index is -1.33. The Bertz CT molecular complexity index is 1470. The molecule has 0 aromatic heterocycles. The summed E-state index contributed by atoms with van der Waals surface area (Å²) >= 11 is 0. The van der Waals surface area contributed by atoms with Crippen LogP contribution in [0.1, 0.15) is 93.6 Å². The van der Waals surface area contributed by atoms with Crippen molar-refractivity contribution in [1.82, 2.24) is 0 Å². The smallest absolute Gasteiger partial charge is 0.340 e. The van der Waals surface area contributed by atoms with Gasteiger partial charge in [0.2, 0.25) is 0 Å². The summed E-state index contributed by atoms with van der Waals surface area (Å²) in [6, 6.07) is 14.4. The zero-order valence-electron chi connectivity index (χ0n) is 23.5. The number of esters is 3. The normalized spacial score (nSPS) is 15.0. The molecule has 0 unspecified atom stereocenters. The molecule has 2 aliphatic rings. The average molecular weight is 529 g/mol. The van der Waals surface area contributed by atoms with Crippen LogP contribution in [0.25, 0.3) is 0 Å². The third-order valence-electron chi connectivity index (χ3n) is 7.04. The van der Waals surface area contributed by atoms with Crippen molar-refractivity contribution in [3.8, 4) is 23.0 Å². The van der Waals surface area contributed by atoms with Crippen LogP contribution in [0.3, 0.4) is 0 Å². The van der Waals surface area contributed by atoms with E-state index in [1.165, 1.54) is 13.8 Å². The van der Waals surface area contributed by atoms with Gasteiger partial charge in [-0.15, -0.1) is 0 Å². The lowest BCUT2D eigenvalue weighted by atomic mass is 9.73. The van der Waals surface area contributed by atoms with E-state index in [9.17, 15) is 14.4 Å². The van der Waals surface area contributed by atoms with Crippen LogP contribution < -0.4 is 14.2 Å². The van der Waals surface area contributed by atoms with Crippen molar-refractivity contribution in [2.45, 2.75) is 71.8 Å². The highest BCUT2D eigenvalue weighted by molar-refractivity contribution is 5.97. The minimum Gasteiger partial charge on any atom is -0.456 e. The Morgan fingerprint density at radius 2 is 1.18 bits per heavy atom. The van der Waals surface area contributed by atoms with Crippen molar-refractivity contribution in [1.29, 1.82) is 0 Å². The Balaban J connectivity index is 1.90. The second kappa shape index (κ2) is 8.70. The molecule has 2 aliphatic heterocycles. The van der Waals surface area contributed by atoms with Crippen LogP contribution in [-0.2, 0) is 30.8 Å². The van der Waals surface area contributed by atoms with Gasteiger partial charge in [-0.2, -0.15) is 0 Å². The molecule has 0 aliphatic carbocycles. The fraction of sp³-hybridized carbons (Fsp3) is 0.344. The van der Waals surface area contributed by atoms with Gasteiger partial charge in [0.25, 0.3) is 0 Å². The molecule has 7 heteroatoms. The number of ether oxygens (including phenoxy) is 4. The zero-order valence-corrected chi connectivity index (χ0v) is 23.5. The molecule has 0 saturated carbocycles. The topological polar surface area (TPSA) is 88.1 Å². The van der Waals surface area contributed by atoms with Crippen LogP contribution in [0.15, 0.2) is 48.5 Å². The summed E-state index contributed by atoms with van der Waals surface area (Å²) in [4.78, 5) is 37.4. The second-order valence-corrected chi connectivity index (χ2v) is 12.1. The molecule has 0 radical (unpaired) electrons. The third-order valence-corrected chi connectivity index (χ3v) is 7.04. The van der Waals surface area contributed by atoms with Crippen molar-refractivity contribution >= 4 is 17.9 Å². The first kappa shape index (κ1) is 26.5. The fourth-order valence-electron chi connectivity index (χ4n) is 5.37. The SMILES string of the molecule is CC(=O)Oc1cc2c(cc1C(C)(C)C)C1(OC(=O)c3ccccc31)c1cc(C(C)(C)C)c(OC(C)=O)cc1O2. The highest BCUT2D eigenvalue weighted by atomic mass is 16.6. The Hall–Kier alpha value is -4.13. The fourth-order valence-corrected chi connectivity index (χ4v) is 5.37. The summed E-state index contributed by atoms with van der Waals surface area (Å²) in [5.74, 6) is 0.0779. The summed E-state index contributed by atoms with van der Waals surface area (Å²) in [7, 11) is 0. The summed E-state index contributed by atoms with van der Waals surface area (Å²) in [5, 5.41) is 0. The number of rotatable bonds is 2. The molecule has 0 atom stereocenters. The number of hydrogen-bond acceptors (Lipinski definition) is 7. The molecular weight excluding hydrogens is 496 g/mol. The summed E-state index contributed by atoms with van der Waals surface area (Å²) in [6.45, 7) is 14.8. The van der Waals surface area contributed by atoms with E-state index in [-0.39, 0.29) is 0 Å². The Morgan fingerprint density at radius 1 is 0.718 bits per heavy atom. The largest absolute Gasteiger partial charge is 0.456 e. The van der Waals surface area contributed by atoms with Gasteiger partial charge in [0.15, 0.2) is 5.60 Å². The predicted octanol–water partition coefficient (Wildman–Crippen LogP) is 6.70. The molecule has 0 saturated heterocycles. The van der Waals surface area contributed by atoms with Crippen molar-refractivity contribution in [2.75, 3.05) is 0 Å². The summed E-state index contributed by atoms with van der Waals surface area (Å²) in [5.41, 5.74) is 1.73. The number of hydrogen-bond donors (Lipinski definition) is 0. The molecule has 202 valence electrons. The van der Waals surface area contributed by atoms with E-state index in [4.69, 9.17) is 18.9 Å². The number of benzene rings is 3. The zero-order chi connectivity index (χ0) is 28.5.